The Hall–Kier alpha value is -1.63. The van der Waals surface area contributed by atoms with Crippen molar-refractivity contribution in [1.82, 2.24) is 0 Å². The molecule has 0 saturated heterocycles. The van der Waals surface area contributed by atoms with Crippen molar-refractivity contribution in [3.8, 4) is 11.3 Å². The minimum Gasteiger partial charge on any atom is -0.201 e. The quantitative estimate of drug-likeness (QED) is 0.652. The van der Waals surface area contributed by atoms with E-state index in [1.165, 1.54) is 25.5 Å². The summed E-state index contributed by atoms with van der Waals surface area (Å²) in [5.41, 5.74) is 0.565. The van der Waals surface area contributed by atoms with E-state index in [0.717, 1.165) is 0 Å². The van der Waals surface area contributed by atoms with Crippen LogP contribution in [0.1, 0.15) is 29.0 Å². The Morgan fingerprint density at radius 2 is 1.94 bits per heavy atom. The second-order valence-corrected chi connectivity index (χ2v) is 3.64. The van der Waals surface area contributed by atoms with Crippen LogP contribution >= 0.6 is 0 Å². The smallest absolute Gasteiger partial charge is 0.201 e. The molecule has 16 heavy (non-hydrogen) atoms. The minimum absolute atomic E-state index is 0.171. The molecule has 0 N–H and O–H groups in total. The van der Waals surface area contributed by atoms with Crippen molar-refractivity contribution in [2.75, 3.05) is 0 Å². The molecule has 0 aliphatic rings. The molecule has 0 amide bonds. The largest absolute Gasteiger partial charge is 0.215 e. The highest BCUT2D eigenvalue weighted by Crippen LogP contribution is 2.23. The van der Waals surface area contributed by atoms with Gasteiger partial charge in [0.15, 0.2) is 6.17 Å². The van der Waals surface area contributed by atoms with E-state index in [1.54, 1.807) is 0 Å². The lowest BCUT2D eigenvalue weighted by Crippen LogP contribution is -2.32. The van der Waals surface area contributed by atoms with Gasteiger partial charge < -0.3 is 0 Å². The normalized spacial score (nSPS) is 19.3. The van der Waals surface area contributed by atoms with E-state index in [0.29, 0.717) is 0 Å². The van der Waals surface area contributed by atoms with Crippen LogP contribution in [-0.4, -0.2) is 0 Å². The molecule has 1 heterocycles. The summed E-state index contributed by atoms with van der Waals surface area (Å²) < 4.78 is 72.1. The fourth-order valence-corrected chi connectivity index (χ4v) is 1.72. The fraction of sp³-hybridized carbons (Fsp3) is 0.267. The summed E-state index contributed by atoms with van der Waals surface area (Å²) in [7, 11) is 1.46. The third-order valence-electron chi connectivity index (χ3n) is 2.39. The molecule has 82 valence electrons. The molecule has 0 spiro atoms. The van der Waals surface area contributed by atoms with Crippen molar-refractivity contribution >= 4 is 0 Å². The molecule has 2 rings (SSSR count). The van der Waals surface area contributed by atoms with Crippen molar-refractivity contribution in [2.24, 2.45) is 7.05 Å². The molecule has 0 bridgehead atoms. The molecule has 1 heteroatoms. The Labute approximate surface area is 110 Å². The zero-order chi connectivity index (χ0) is 19.4. The second kappa shape index (κ2) is 4.09. The highest BCUT2D eigenvalue weighted by molar-refractivity contribution is 5.63. The number of pyridine rings is 1. The lowest BCUT2D eigenvalue weighted by atomic mass is 10.0. The summed E-state index contributed by atoms with van der Waals surface area (Å²) in [6.45, 7) is 0.435. The molecule has 0 aliphatic carbocycles. The van der Waals surface area contributed by atoms with Crippen molar-refractivity contribution in [1.29, 1.82) is 0 Å². The van der Waals surface area contributed by atoms with Crippen LogP contribution in [0.2, 0.25) is 0 Å². The molecule has 1 nitrogen and oxygen atoms in total. The lowest BCUT2D eigenvalue weighted by molar-refractivity contribution is -0.661. The van der Waals surface area contributed by atoms with E-state index in [1.807, 2.05) is 0 Å². The number of hydrogen-bond acceptors (Lipinski definition) is 0. The van der Waals surface area contributed by atoms with Gasteiger partial charge in [-0.1, -0.05) is 18.1 Å². The predicted molar refractivity (Wildman–Crippen MR) is 67.3 cm³/mol. The maximum absolute atomic E-state index is 8.18. The van der Waals surface area contributed by atoms with E-state index >= 15 is 0 Å². The van der Waals surface area contributed by atoms with E-state index in [9.17, 15) is 0 Å². The highest BCUT2D eigenvalue weighted by Gasteiger charge is 2.15. The van der Waals surface area contributed by atoms with Gasteiger partial charge >= 0.3 is 0 Å². The number of nitrogens with zero attached hydrogens (tertiary/aromatic N) is 1. The first kappa shape index (κ1) is 4.33. The second-order valence-electron chi connectivity index (χ2n) is 3.64. The summed E-state index contributed by atoms with van der Waals surface area (Å²) in [4.78, 5) is 0. The summed E-state index contributed by atoms with van der Waals surface area (Å²) >= 11 is 0. The molecular formula is C15H18N+. The maximum Gasteiger partial charge on any atom is 0.215 e. The van der Waals surface area contributed by atoms with Crippen LogP contribution < -0.4 is 4.57 Å². The van der Waals surface area contributed by atoms with Crippen LogP contribution in [0.5, 0.6) is 0 Å². The molecular weight excluding hydrogens is 194 g/mol. The molecule has 0 saturated carbocycles. The van der Waals surface area contributed by atoms with Crippen LogP contribution in [0.15, 0.2) is 36.4 Å². The molecule has 1 aromatic heterocycles. The topological polar surface area (TPSA) is 3.88 Å². The molecule has 0 fully saturated rings. The maximum atomic E-state index is 8.18. The Kier molecular flexibility index (Phi) is 1.11. The van der Waals surface area contributed by atoms with Gasteiger partial charge in [0.05, 0.1) is 6.85 Å². The van der Waals surface area contributed by atoms with E-state index in [2.05, 4.69) is 0 Å². The first-order valence-electron chi connectivity index (χ1n) is 9.39. The van der Waals surface area contributed by atoms with Gasteiger partial charge in [-0.25, -0.2) is 4.57 Å². The number of aromatic nitrogens is 1. The first-order chi connectivity index (χ1) is 11.3. The average Bonchev–Trinajstić information content (AvgIpc) is 2.51. The van der Waals surface area contributed by atoms with Crippen LogP contribution in [0, 0.1) is 20.7 Å². The Balaban J connectivity index is 3.03. The van der Waals surface area contributed by atoms with Crippen molar-refractivity contribution < 1.29 is 16.9 Å². The summed E-state index contributed by atoms with van der Waals surface area (Å²) in [5, 5.41) is 0. The van der Waals surface area contributed by atoms with Gasteiger partial charge in [-0.3, -0.25) is 0 Å². The highest BCUT2D eigenvalue weighted by atomic mass is 14.9. The zero-order valence-corrected chi connectivity index (χ0v) is 9.45. The minimum atomic E-state index is -2.62. The predicted octanol–water partition coefficient (Wildman–Crippen LogP) is 3.10. The van der Waals surface area contributed by atoms with E-state index in [-0.39, 0.29) is 58.3 Å². The summed E-state index contributed by atoms with van der Waals surface area (Å²) in [5.74, 6) is 0. The summed E-state index contributed by atoms with van der Waals surface area (Å²) in [6, 6.07) is -1.57. The number of benzene rings is 1. The third kappa shape index (κ3) is 1.85. The number of rotatable bonds is 1. The van der Waals surface area contributed by atoms with E-state index in [4.69, 9.17) is 12.3 Å². The average molecular weight is 221 g/mol. The Morgan fingerprint density at radius 1 is 1.19 bits per heavy atom. The molecule has 2 aromatic rings. The zero-order valence-electron chi connectivity index (χ0n) is 18.4. The molecule has 0 unspecified atom stereocenters. The van der Waals surface area contributed by atoms with Crippen LogP contribution in [0.25, 0.3) is 11.3 Å². The van der Waals surface area contributed by atoms with E-state index < -0.39 is 12.9 Å². The molecule has 0 radical (unpaired) electrons. The Bertz CT molecular complexity index is 826. The van der Waals surface area contributed by atoms with Crippen molar-refractivity contribution in [2.45, 2.75) is 20.7 Å². The Morgan fingerprint density at radius 3 is 2.69 bits per heavy atom. The van der Waals surface area contributed by atoms with Crippen molar-refractivity contribution in [3.05, 3.63) is 53.1 Å². The van der Waals surface area contributed by atoms with Crippen molar-refractivity contribution in [3.63, 3.8) is 0 Å². The van der Waals surface area contributed by atoms with Gasteiger partial charge in [0.2, 0.25) is 5.69 Å². The standard InChI is InChI=1S/C15H18N/c1-11-9-13(3)15(16(4)10-11)14-8-6-5-7-12(14)2/h5-10H,1-4H3/q+1/i1D3,5D,6D,7D,8D,9D,10D. The molecule has 0 atom stereocenters. The van der Waals surface area contributed by atoms with Gasteiger partial charge in [-0.05, 0) is 38.3 Å². The molecule has 0 aliphatic heterocycles. The van der Waals surface area contributed by atoms with Crippen LogP contribution in [-0.2, 0) is 7.05 Å². The summed E-state index contributed by atoms with van der Waals surface area (Å²) in [6.07, 6.45) is -0.377. The third-order valence-corrected chi connectivity index (χ3v) is 2.39. The number of hydrogen-bond donors (Lipinski definition) is 0. The monoisotopic (exact) mass is 221 g/mol. The van der Waals surface area contributed by atoms with Crippen LogP contribution in [0.4, 0.5) is 0 Å². The lowest BCUT2D eigenvalue weighted by Gasteiger charge is -2.07. The van der Waals surface area contributed by atoms with Gasteiger partial charge in [0.1, 0.15) is 8.42 Å². The molecule has 1 aromatic carbocycles. The SMILES string of the molecule is [2H]c1c([2H])c([2H])c(-c2c(C)c([2H])c(C([2H])([2H])[2H])c([2H])[n+]2C)c(C)c1[2H]. The van der Waals surface area contributed by atoms with Gasteiger partial charge in [-0.15, -0.1) is 0 Å². The van der Waals surface area contributed by atoms with Gasteiger partial charge in [0.25, 0.3) is 0 Å². The van der Waals surface area contributed by atoms with Crippen LogP contribution in [0.3, 0.4) is 0 Å². The van der Waals surface area contributed by atoms with Gasteiger partial charge in [-0.2, -0.15) is 0 Å². The van der Waals surface area contributed by atoms with Gasteiger partial charge in [0, 0.05) is 20.8 Å². The fourth-order valence-electron chi connectivity index (χ4n) is 1.72. The first-order valence-corrected chi connectivity index (χ1v) is 4.89.